The predicted molar refractivity (Wildman–Crippen MR) is 75.8 cm³/mol. The largest absolute Gasteiger partial charge is 0.497 e. The van der Waals surface area contributed by atoms with Gasteiger partial charge in [-0.05, 0) is 30.2 Å². The molecule has 1 aromatic carbocycles. The van der Waals surface area contributed by atoms with Crippen LogP contribution in [0.25, 0.3) is 10.9 Å². The third kappa shape index (κ3) is 2.36. The minimum atomic E-state index is -0.509. The van der Waals surface area contributed by atoms with Crippen LogP contribution in [0.15, 0.2) is 24.4 Å². The van der Waals surface area contributed by atoms with Gasteiger partial charge in [-0.2, -0.15) is 0 Å². The van der Waals surface area contributed by atoms with E-state index in [0.717, 1.165) is 28.6 Å². The number of nitrogens with one attached hydrogen (secondary N) is 1. The summed E-state index contributed by atoms with van der Waals surface area (Å²) in [6, 6.07) is 5.91. The quantitative estimate of drug-likeness (QED) is 0.883. The number of aromatic amines is 1. The molecule has 1 aliphatic rings. The van der Waals surface area contributed by atoms with Crippen molar-refractivity contribution >= 4 is 16.8 Å². The average Bonchev–Trinajstić information content (AvgIpc) is 2.98. The molecule has 5 nitrogen and oxygen atoms in total. The number of amides is 1. The number of aromatic nitrogens is 1. The number of aliphatic hydroxyl groups is 1. The second-order valence-corrected chi connectivity index (χ2v) is 5.17. The third-order valence-electron chi connectivity index (χ3n) is 3.82. The molecule has 0 bridgehead atoms. The molecule has 1 saturated heterocycles. The van der Waals surface area contributed by atoms with Gasteiger partial charge in [0, 0.05) is 30.2 Å². The Morgan fingerprint density at radius 1 is 1.50 bits per heavy atom. The fourth-order valence-corrected chi connectivity index (χ4v) is 2.71. The first-order chi connectivity index (χ1) is 9.67. The van der Waals surface area contributed by atoms with Crippen LogP contribution in [0.4, 0.5) is 0 Å². The molecule has 106 valence electrons. The summed E-state index contributed by atoms with van der Waals surface area (Å²) in [5.74, 6) is 0.862. The van der Waals surface area contributed by atoms with E-state index in [1.54, 1.807) is 12.0 Å². The number of rotatable bonds is 4. The molecule has 20 heavy (non-hydrogen) atoms. The van der Waals surface area contributed by atoms with Crippen molar-refractivity contribution in [2.75, 3.05) is 20.2 Å². The number of ether oxygens (including phenoxy) is 1. The lowest BCUT2D eigenvalue weighted by Crippen LogP contribution is -2.28. The van der Waals surface area contributed by atoms with E-state index in [-0.39, 0.29) is 12.3 Å². The minimum Gasteiger partial charge on any atom is -0.497 e. The topological polar surface area (TPSA) is 65.6 Å². The summed E-state index contributed by atoms with van der Waals surface area (Å²) < 4.78 is 5.24. The first-order valence-electron chi connectivity index (χ1n) is 6.77. The number of β-amino-alcohol motifs (C(OH)–C–C–N with tert-alkyl or cyclic N) is 1. The molecule has 0 spiro atoms. The zero-order chi connectivity index (χ0) is 14.1. The molecule has 5 heteroatoms. The smallest absolute Gasteiger partial charge is 0.225 e. The van der Waals surface area contributed by atoms with E-state index in [1.807, 2.05) is 24.4 Å². The Balaban J connectivity index is 1.76. The number of nitrogens with zero attached hydrogens (tertiary/aromatic N) is 1. The number of benzene rings is 1. The maximum atomic E-state index is 11.6. The number of carbonyl (C=O) groups excluding carboxylic acids is 1. The Kier molecular flexibility index (Phi) is 3.36. The summed E-state index contributed by atoms with van der Waals surface area (Å²) in [5.41, 5.74) is 2.22. The second-order valence-electron chi connectivity index (χ2n) is 5.17. The van der Waals surface area contributed by atoms with Crippen LogP contribution < -0.4 is 4.74 Å². The van der Waals surface area contributed by atoms with Crippen molar-refractivity contribution in [2.24, 2.45) is 0 Å². The average molecular weight is 274 g/mol. The molecule has 0 aliphatic carbocycles. The van der Waals surface area contributed by atoms with Gasteiger partial charge in [0.25, 0.3) is 0 Å². The number of carbonyl (C=O) groups is 1. The molecule has 1 aliphatic heterocycles. The molecule has 2 aromatic rings. The van der Waals surface area contributed by atoms with Crippen molar-refractivity contribution in [2.45, 2.75) is 18.9 Å². The van der Waals surface area contributed by atoms with Gasteiger partial charge in [0.05, 0.1) is 19.6 Å². The van der Waals surface area contributed by atoms with Crippen LogP contribution in [-0.4, -0.2) is 47.2 Å². The highest BCUT2D eigenvalue weighted by molar-refractivity contribution is 5.85. The number of hydrogen-bond acceptors (Lipinski definition) is 3. The number of hydrogen-bond donors (Lipinski definition) is 2. The van der Waals surface area contributed by atoms with Gasteiger partial charge in [-0.15, -0.1) is 0 Å². The van der Waals surface area contributed by atoms with E-state index in [4.69, 9.17) is 4.74 Å². The molecule has 1 aromatic heterocycles. The summed E-state index contributed by atoms with van der Waals surface area (Å²) in [6.45, 7) is 1.09. The van der Waals surface area contributed by atoms with Gasteiger partial charge in [0.1, 0.15) is 5.75 Å². The Morgan fingerprint density at radius 2 is 2.35 bits per heavy atom. The second kappa shape index (κ2) is 5.17. The maximum Gasteiger partial charge on any atom is 0.225 e. The summed E-state index contributed by atoms with van der Waals surface area (Å²) in [4.78, 5) is 16.6. The lowest BCUT2D eigenvalue weighted by molar-refractivity contribution is -0.127. The summed E-state index contributed by atoms with van der Waals surface area (Å²) >= 11 is 0. The highest BCUT2D eigenvalue weighted by atomic mass is 16.5. The van der Waals surface area contributed by atoms with Crippen molar-refractivity contribution in [1.29, 1.82) is 0 Å². The lowest BCUT2D eigenvalue weighted by Gasteiger charge is -2.15. The van der Waals surface area contributed by atoms with Crippen molar-refractivity contribution in [3.8, 4) is 5.75 Å². The first-order valence-corrected chi connectivity index (χ1v) is 6.77. The molecule has 0 saturated carbocycles. The number of aliphatic hydroxyl groups excluding tert-OH is 1. The van der Waals surface area contributed by atoms with Crippen LogP contribution >= 0.6 is 0 Å². The standard InChI is InChI=1S/C15H18N2O3/c1-20-12-2-3-14-13(7-12)10(8-16-14)4-5-17-9-11(18)6-15(17)19/h2-3,7-8,11,16,18H,4-6,9H2,1H3. The van der Waals surface area contributed by atoms with E-state index >= 15 is 0 Å². The summed E-state index contributed by atoms with van der Waals surface area (Å²) in [6.07, 6.45) is 2.49. The van der Waals surface area contributed by atoms with E-state index in [0.29, 0.717) is 13.1 Å². The van der Waals surface area contributed by atoms with Crippen molar-refractivity contribution in [3.05, 3.63) is 30.0 Å². The monoisotopic (exact) mass is 274 g/mol. The molecule has 3 rings (SSSR count). The Labute approximate surface area is 117 Å². The summed E-state index contributed by atoms with van der Waals surface area (Å²) in [7, 11) is 1.65. The number of fused-ring (bicyclic) bond motifs is 1. The molecule has 1 fully saturated rings. The molecule has 2 heterocycles. The van der Waals surface area contributed by atoms with Crippen LogP contribution in [0.3, 0.4) is 0 Å². The lowest BCUT2D eigenvalue weighted by atomic mass is 10.1. The van der Waals surface area contributed by atoms with Crippen LogP contribution in [0, 0.1) is 0 Å². The zero-order valence-corrected chi connectivity index (χ0v) is 11.4. The molecule has 0 radical (unpaired) electrons. The van der Waals surface area contributed by atoms with Gasteiger partial charge in [-0.3, -0.25) is 4.79 Å². The highest BCUT2D eigenvalue weighted by Crippen LogP contribution is 2.24. The Hall–Kier alpha value is -2.01. The maximum absolute atomic E-state index is 11.6. The van der Waals surface area contributed by atoms with Gasteiger partial charge >= 0.3 is 0 Å². The Bertz CT molecular complexity index is 635. The van der Waals surface area contributed by atoms with Gasteiger partial charge in [0.2, 0.25) is 5.91 Å². The Morgan fingerprint density at radius 3 is 3.05 bits per heavy atom. The van der Waals surface area contributed by atoms with Gasteiger partial charge in [0.15, 0.2) is 0 Å². The van der Waals surface area contributed by atoms with Gasteiger partial charge in [-0.1, -0.05) is 0 Å². The molecule has 1 unspecified atom stereocenters. The number of likely N-dealkylation sites (tertiary alicyclic amines) is 1. The number of H-pyrrole nitrogens is 1. The van der Waals surface area contributed by atoms with Gasteiger partial charge in [-0.25, -0.2) is 0 Å². The van der Waals surface area contributed by atoms with E-state index in [9.17, 15) is 9.90 Å². The van der Waals surface area contributed by atoms with Gasteiger partial charge < -0.3 is 19.7 Å². The van der Waals surface area contributed by atoms with Crippen LogP contribution in [0.1, 0.15) is 12.0 Å². The molecular formula is C15H18N2O3. The molecule has 2 N–H and O–H groups in total. The minimum absolute atomic E-state index is 0.0370. The van der Waals surface area contributed by atoms with E-state index < -0.39 is 6.10 Å². The van der Waals surface area contributed by atoms with Crippen LogP contribution in [0.5, 0.6) is 5.75 Å². The van der Waals surface area contributed by atoms with Crippen molar-refractivity contribution in [3.63, 3.8) is 0 Å². The van der Waals surface area contributed by atoms with Crippen molar-refractivity contribution in [1.82, 2.24) is 9.88 Å². The SMILES string of the molecule is COc1ccc2[nH]cc(CCN3CC(O)CC3=O)c2c1. The number of methoxy groups -OCH3 is 1. The van der Waals surface area contributed by atoms with E-state index in [2.05, 4.69) is 4.98 Å². The van der Waals surface area contributed by atoms with Crippen molar-refractivity contribution < 1.29 is 14.6 Å². The molecule has 1 atom stereocenters. The zero-order valence-electron chi connectivity index (χ0n) is 11.4. The first kappa shape index (κ1) is 13.0. The molecular weight excluding hydrogens is 256 g/mol. The fraction of sp³-hybridized carbons (Fsp3) is 0.400. The van der Waals surface area contributed by atoms with Crippen LogP contribution in [0.2, 0.25) is 0 Å². The highest BCUT2D eigenvalue weighted by Gasteiger charge is 2.27. The predicted octanol–water partition coefficient (Wildman–Crippen LogP) is 1.31. The normalized spacial score (nSPS) is 19.0. The third-order valence-corrected chi connectivity index (χ3v) is 3.82. The van der Waals surface area contributed by atoms with Crippen LogP contribution in [-0.2, 0) is 11.2 Å². The summed E-state index contributed by atoms with van der Waals surface area (Å²) in [5, 5.41) is 10.6. The van der Waals surface area contributed by atoms with E-state index in [1.165, 1.54) is 0 Å². The fourth-order valence-electron chi connectivity index (χ4n) is 2.71. The molecule has 1 amide bonds.